The second-order valence-corrected chi connectivity index (χ2v) is 7.01. The molecule has 8 heteroatoms. The summed E-state index contributed by atoms with van der Waals surface area (Å²) in [7, 11) is 0. The first-order valence-electron chi connectivity index (χ1n) is 6.98. The molecule has 3 heterocycles. The van der Waals surface area contributed by atoms with Crippen LogP contribution >= 0.6 is 34.7 Å². The first-order valence-corrected chi connectivity index (χ1v) is 9.23. The van der Waals surface area contributed by atoms with Crippen molar-refractivity contribution in [2.24, 2.45) is 0 Å². The molecule has 4 aromatic rings. The maximum atomic E-state index is 5.91. The van der Waals surface area contributed by atoms with Gasteiger partial charge in [0.05, 0.1) is 12.0 Å². The zero-order valence-electron chi connectivity index (χ0n) is 12.2. The smallest absolute Gasteiger partial charge is 0.284 e. The van der Waals surface area contributed by atoms with Crippen LogP contribution in [0.4, 0.5) is 0 Å². The molecule has 5 nitrogen and oxygen atoms in total. The number of hydrogen-bond donors (Lipinski definition) is 0. The summed E-state index contributed by atoms with van der Waals surface area (Å²) < 4.78 is 10.8. The van der Waals surface area contributed by atoms with Gasteiger partial charge in [-0.1, -0.05) is 35.5 Å². The van der Waals surface area contributed by atoms with Gasteiger partial charge in [-0.3, -0.25) is 0 Å². The fraction of sp³-hybridized carbons (Fsp3) is 0.0625. The van der Waals surface area contributed by atoms with Crippen molar-refractivity contribution < 1.29 is 8.83 Å². The minimum absolute atomic E-state index is 0.377. The van der Waals surface area contributed by atoms with Crippen molar-refractivity contribution in [3.8, 4) is 22.2 Å². The van der Waals surface area contributed by atoms with Gasteiger partial charge in [0.2, 0.25) is 0 Å². The lowest BCUT2D eigenvalue weighted by Crippen LogP contribution is -1.82. The highest BCUT2D eigenvalue weighted by atomic mass is 35.5. The van der Waals surface area contributed by atoms with E-state index in [1.54, 1.807) is 29.7 Å². The Hall–Kier alpha value is -2.09. The molecule has 4 rings (SSSR count). The van der Waals surface area contributed by atoms with Gasteiger partial charge in [-0.25, -0.2) is 4.98 Å². The van der Waals surface area contributed by atoms with E-state index in [1.165, 1.54) is 11.8 Å². The van der Waals surface area contributed by atoms with Crippen LogP contribution in [-0.4, -0.2) is 15.2 Å². The first kappa shape index (κ1) is 15.4. The lowest BCUT2D eigenvalue weighted by molar-refractivity contribution is 0.447. The van der Waals surface area contributed by atoms with Crippen LogP contribution in [0.1, 0.15) is 5.69 Å². The molecule has 0 unspecified atom stereocenters. The highest BCUT2D eigenvalue weighted by molar-refractivity contribution is 7.98. The molecule has 0 saturated carbocycles. The Bertz CT molecular complexity index is 933. The Morgan fingerprint density at radius 2 is 2.00 bits per heavy atom. The van der Waals surface area contributed by atoms with Gasteiger partial charge in [-0.15, -0.1) is 21.5 Å². The Morgan fingerprint density at radius 3 is 2.79 bits per heavy atom. The third-order valence-corrected chi connectivity index (χ3v) is 5.17. The lowest BCUT2D eigenvalue weighted by atomic mass is 10.2. The maximum Gasteiger partial charge on any atom is 0.284 e. The van der Waals surface area contributed by atoms with Crippen molar-refractivity contribution in [2.45, 2.75) is 11.0 Å². The Balaban J connectivity index is 1.42. The molecule has 0 aliphatic rings. The topological polar surface area (TPSA) is 65.0 Å². The molecule has 3 aromatic heterocycles. The van der Waals surface area contributed by atoms with Crippen molar-refractivity contribution in [3.63, 3.8) is 0 Å². The van der Waals surface area contributed by atoms with Crippen LogP contribution in [0.3, 0.4) is 0 Å². The summed E-state index contributed by atoms with van der Waals surface area (Å²) in [5.41, 5.74) is 2.02. The van der Waals surface area contributed by atoms with Crippen LogP contribution in [-0.2, 0) is 5.75 Å². The molecule has 0 aliphatic carbocycles. The van der Waals surface area contributed by atoms with E-state index < -0.39 is 0 Å². The van der Waals surface area contributed by atoms with Crippen LogP contribution in [0, 0.1) is 0 Å². The van der Waals surface area contributed by atoms with Crippen LogP contribution in [0.5, 0.6) is 0 Å². The average molecular weight is 376 g/mol. The van der Waals surface area contributed by atoms with Crippen molar-refractivity contribution in [1.82, 2.24) is 15.2 Å². The monoisotopic (exact) mass is 375 g/mol. The van der Waals surface area contributed by atoms with Gasteiger partial charge >= 0.3 is 0 Å². The normalized spacial score (nSPS) is 11.0. The predicted octanol–water partition coefficient (Wildman–Crippen LogP) is 5.40. The number of hydrogen-bond acceptors (Lipinski definition) is 7. The summed E-state index contributed by atoms with van der Waals surface area (Å²) in [5.74, 6) is 1.60. The van der Waals surface area contributed by atoms with E-state index in [1.807, 2.05) is 29.6 Å². The van der Waals surface area contributed by atoms with Gasteiger partial charge in [0.15, 0.2) is 5.76 Å². The summed E-state index contributed by atoms with van der Waals surface area (Å²) in [6, 6.07) is 11.2. The standard InChI is InChI=1S/C16H10ClN3O2S2/c17-11-5-3-10(4-6-11)15-18-12(8-23-15)9-24-16-20-19-14(22-16)13-2-1-7-21-13/h1-8H,9H2. The Kier molecular flexibility index (Phi) is 4.38. The van der Waals surface area contributed by atoms with Gasteiger partial charge in [-0.2, -0.15) is 0 Å². The summed E-state index contributed by atoms with van der Waals surface area (Å²) in [6.07, 6.45) is 1.57. The zero-order valence-corrected chi connectivity index (χ0v) is 14.6. The van der Waals surface area contributed by atoms with E-state index >= 15 is 0 Å². The number of thiazole rings is 1. The molecule has 0 spiro atoms. The number of benzene rings is 1. The molecule has 0 saturated heterocycles. The van der Waals surface area contributed by atoms with E-state index in [4.69, 9.17) is 20.4 Å². The van der Waals surface area contributed by atoms with Crippen molar-refractivity contribution in [3.05, 3.63) is 58.8 Å². The number of nitrogens with zero attached hydrogens (tertiary/aromatic N) is 3. The summed E-state index contributed by atoms with van der Waals surface area (Å²) >= 11 is 8.95. The highest BCUT2D eigenvalue weighted by Gasteiger charge is 2.12. The number of rotatable bonds is 5. The van der Waals surface area contributed by atoms with Gasteiger partial charge in [-0.05, 0) is 24.3 Å². The summed E-state index contributed by atoms with van der Waals surface area (Å²) in [5, 5.41) is 12.2. The van der Waals surface area contributed by atoms with Gasteiger partial charge in [0.25, 0.3) is 11.1 Å². The summed E-state index contributed by atoms with van der Waals surface area (Å²) in [4.78, 5) is 4.63. The number of furan rings is 1. The van der Waals surface area contributed by atoms with Crippen LogP contribution in [0.2, 0.25) is 5.02 Å². The second kappa shape index (κ2) is 6.80. The third-order valence-electron chi connectivity index (χ3n) is 3.12. The van der Waals surface area contributed by atoms with Crippen LogP contribution in [0.15, 0.2) is 62.1 Å². The quantitative estimate of drug-likeness (QED) is 0.435. The molecule has 0 amide bonds. The van der Waals surface area contributed by atoms with Crippen LogP contribution < -0.4 is 0 Å². The second-order valence-electron chi connectivity index (χ2n) is 4.79. The highest BCUT2D eigenvalue weighted by Crippen LogP contribution is 2.29. The minimum atomic E-state index is 0.377. The first-order chi connectivity index (χ1) is 11.8. The van der Waals surface area contributed by atoms with E-state index in [-0.39, 0.29) is 0 Å². The fourth-order valence-corrected chi connectivity index (χ4v) is 3.71. The van der Waals surface area contributed by atoms with E-state index in [0.29, 0.717) is 22.6 Å². The molecule has 0 bridgehead atoms. The molecular weight excluding hydrogens is 366 g/mol. The van der Waals surface area contributed by atoms with Gasteiger partial charge < -0.3 is 8.83 Å². The molecule has 0 atom stereocenters. The average Bonchev–Trinajstić information content (AvgIpc) is 3.34. The van der Waals surface area contributed by atoms with Crippen molar-refractivity contribution in [1.29, 1.82) is 0 Å². The van der Waals surface area contributed by atoms with Crippen molar-refractivity contribution >= 4 is 34.7 Å². The van der Waals surface area contributed by atoms with E-state index in [2.05, 4.69) is 15.2 Å². The van der Waals surface area contributed by atoms with Crippen LogP contribution in [0.25, 0.3) is 22.2 Å². The lowest BCUT2D eigenvalue weighted by Gasteiger charge is -1.96. The zero-order chi connectivity index (χ0) is 16.4. The maximum absolute atomic E-state index is 5.91. The molecule has 0 aliphatic heterocycles. The summed E-state index contributed by atoms with van der Waals surface area (Å²) in [6.45, 7) is 0. The number of aromatic nitrogens is 3. The van der Waals surface area contributed by atoms with E-state index in [9.17, 15) is 0 Å². The molecular formula is C16H10ClN3O2S2. The number of halogens is 1. The fourth-order valence-electron chi connectivity index (χ4n) is 2.00. The van der Waals surface area contributed by atoms with Gasteiger partial charge in [0, 0.05) is 21.7 Å². The Morgan fingerprint density at radius 1 is 1.12 bits per heavy atom. The molecule has 1 aromatic carbocycles. The molecule has 0 radical (unpaired) electrons. The largest absolute Gasteiger partial charge is 0.459 e. The molecule has 120 valence electrons. The SMILES string of the molecule is Clc1ccc(-c2nc(CSc3nnc(-c4ccco4)o3)cs2)cc1. The molecule has 0 N–H and O–H groups in total. The number of thioether (sulfide) groups is 1. The predicted molar refractivity (Wildman–Crippen MR) is 94.1 cm³/mol. The van der Waals surface area contributed by atoms with E-state index in [0.717, 1.165) is 21.3 Å². The minimum Gasteiger partial charge on any atom is -0.459 e. The Labute approximate surface area is 150 Å². The molecule has 24 heavy (non-hydrogen) atoms. The molecule has 0 fully saturated rings. The van der Waals surface area contributed by atoms with Gasteiger partial charge in [0.1, 0.15) is 5.01 Å². The third kappa shape index (κ3) is 3.38. The van der Waals surface area contributed by atoms with Crippen molar-refractivity contribution in [2.75, 3.05) is 0 Å².